The molecule has 1 rings (SSSR count). The zero-order valence-corrected chi connectivity index (χ0v) is 15.9. The first kappa shape index (κ1) is 19.3. The third kappa shape index (κ3) is 7.85. The number of ether oxygens (including phenoxy) is 2. The SMILES string of the molecule is CC(C)=C[C@@H]1CC[C@@H](C)C[C@H]1OC(=O)CO[C@@H](O)CSI. The second kappa shape index (κ2) is 10.1. The fourth-order valence-electron chi connectivity index (χ4n) is 2.58. The van der Waals surface area contributed by atoms with Crippen LogP contribution in [-0.4, -0.2) is 35.8 Å². The standard InChI is InChI=1S/C15H25IO4S/c1-10(2)6-12-5-4-11(3)7-13(12)20-14(17)8-19-15(18)9-21-16/h6,11-13,15,18H,4-5,7-9H2,1-3H3/t11-,12+,13-,15-/m1/s1. The molecule has 6 heteroatoms. The first-order chi connectivity index (χ1) is 9.92. The van der Waals surface area contributed by atoms with Gasteiger partial charge in [-0.1, -0.05) is 27.5 Å². The highest BCUT2D eigenvalue weighted by molar-refractivity contribution is 14.2. The Labute approximate surface area is 143 Å². The van der Waals surface area contributed by atoms with Gasteiger partial charge < -0.3 is 14.6 Å². The van der Waals surface area contributed by atoms with Crippen molar-refractivity contribution in [3.05, 3.63) is 11.6 Å². The van der Waals surface area contributed by atoms with Crippen LogP contribution in [0.15, 0.2) is 11.6 Å². The summed E-state index contributed by atoms with van der Waals surface area (Å²) in [7, 11) is 1.44. The minimum Gasteiger partial charge on any atom is -0.460 e. The number of hydrogen-bond acceptors (Lipinski definition) is 5. The maximum Gasteiger partial charge on any atom is 0.332 e. The molecule has 0 amide bonds. The minimum absolute atomic E-state index is 0.0733. The Morgan fingerprint density at radius 3 is 2.81 bits per heavy atom. The van der Waals surface area contributed by atoms with Crippen molar-refractivity contribution >= 4 is 36.1 Å². The molecule has 1 fully saturated rings. The number of carbonyl (C=O) groups is 1. The predicted octanol–water partition coefficient (Wildman–Crippen LogP) is 3.72. The molecule has 4 atom stereocenters. The first-order valence-electron chi connectivity index (χ1n) is 7.30. The van der Waals surface area contributed by atoms with Gasteiger partial charge in [-0.3, -0.25) is 0 Å². The summed E-state index contributed by atoms with van der Waals surface area (Å²) >= 11 is 2.07. The van der Waals surface area contributed by atoms with Crippen LogP contribution in [0.2, 0.25) is 0 Å². The van der Waals surface area contributed by atoms with Gasteiger partial charge in [-0.15, -0.1) is 0 Å². The van der Waals surface area contributed by atoms with Gasteiger partial charge in [-0.25, -0.2) is 4.79 Å². The Hall–Kier alpha value is 0.210. The summed E-state index contributed by atoms with van der Waals surface area (Å²) in [5.41, 5.74) is 1.25. The molecule has 0 spiro atoms. The van der Waals surface area contributed by atoms with Crippen LogP contribution in [0.4, 0.5) is 0 Å². The molecule has 0 aromatic rings. The molecule has 0 unspecified atom stereocenters. The normalized spacial score (nSPS) is 27.0. The maximum atomic E-state index is 11.9. The molecule has 21 heavy (non-hydrogen) atoms. The van der Waals surface area contributed by atoms with Crippen molar-refractivity contribution in [3.63, 3.8) is 0 Å². The van der Waals surface area contributed by atoms with Gasteiger partial charge in [-0.05, 0) is 60.2 Å². The van der Waals surface area contributed by atoms with Gasteiger partial charge >= 0.3 is 5.97 Å². The summed E-state index contributed by atoms with van der Waals surface area (Å²) < 4.78 is 10.6. The number of halogens is 1. The lowest BCUT2D eigenvalue weighted by molar-refractivity contribution is -0.168. The molecule has 0 bridgehead atoms. The van der Waals surface area contributed by atoms with Crippen LogP contribution in [0, 0.1) is 11.8 Å². The van der Waals surface area contributed by atoms with Crippen LogP contribution < -0.4 is 0 Å². The summed E-state index contributed by atoms with van der Waals surface area (Å²) in [6.07, 6.45) is 4.33. The van der Waals surface area contributed by atoms with Crippen molar-refractivity contribution in [2.45, 2.75) is 52.4 Å². The fourth-order valence-corrected chi connectivity index (χ4v) is 3.70. The largest absolute Gasteiger partial charge is 0.460 e. The van der Waals surface area contributed by atoms with E-state index in [2.05, 4.69) is 48.1 Å². The Kier molecular flexibility index (Phi) is 9.24. The van der Waals surface area contributed by atoms with E-state index in [0.29, 0.717) is 17.6 Å². The molecule has 4 nitrogen and oxygen atoms in total. The Morgan fingerprint density at radius 1 is 1.48 bits per heavy atom. The van der Waals surface area contributed by atoms with Crippen LogP contribution in [0.1, 0.15) is 40.0 Å². The number of aliphatic hydroxyl groups excluding tert-OH is 1. The van der Waals surface area contributed by atoms with E-state index in [9.17, 15) is 9.90 Å². The van der Waals surface area contributed by atoms with Gasteiger partial charge in [-0.2, -0.15) is 0 Å². The second-order valence-electron chi connectivity index (χ2n) is 5.90. The molecule has 0 aliphatic heterocycles. The lowest BCUT2D eigenvalue weighted by Crippen LogP contribution is -2.34. The number of esters is 1. The molecule has 0 heterocycles. The molecule has 0 saturated heterocycles. The number of carbonyl (C=O) groups excluding carboxylic acids is 1. The van der Waals surface area contributed by atoms with Gasteiger partial charge in [0.15, 0.2) is 6.29 Å². The quantitative estimate of drug-likeness (QED) is 0.290. The Morgan fingerprint density at radius 2 is 2.19 bits per heavy atom. The molecular formula is C15H25IO4S. The van der Waals surface area contributed by atoms with Gasteiger partial charge in [0.25, 0.3) is 0 Å². The van der Waals surface area contributed by atoms with Crippen LogP contribution in [0.5, 0.6) is 0 Å². The average molecular weight is 428 g/mol. The molecule has 1 aliphatic rings. The summed E-state index contributed by atoms with van der Waals surface area (Å²) in [4.78, 5) is 11.9. The third-order valence-corrected chi connectivity index (χ3v) is 5.02. The molecule has 1 N–H and O–H groups in total. The lowest BCUT2D eigenvalue weighted by Gasteiger charge is -2.33. The van der Waals surface area contributed by atoms with Crippen LogP contribution in [0.25, 0.3) is 0 Å². The second-order valence-corrected chi connectivity index (χ2v) is 8.32. The predicted molar refractivity (Wildman–Crippen MR) is 94.3 cm³/mol. The molecule has 122 valence electrons. The molecule has 0 radical (unpaired) electrons. The number of rotatable bonds is 7. The highest BCUT2D eigenvalue weighted by Crippen LogP contribution is 2.32. The fraction of sp³-hybridized carbons (Fsp3) is 0.800. The zero-order chi connectivity index (χ0) is 15.8. The van der Waals surface area contributed by atoms with E-state index in [1.165, 1.54) is 20.9 Å². The average Bonchev–Trinajstić information content (AvgIpc) is 2.39. The van der Waals surface area contributed by atoms with E-state index in [1.54, 1.807) is 0 Å². The molecule has 0 aromatic heterocycles. The van der Waals surface area contributed by atoms with E-state index in [0.717, 1.165) is 12.8 Å². The summed E-state index contributed by atoms with van der Waals surface area (Å²) in [5.74, 6) is 0.921. The van der Waals surface area contributed by atoms with E-state index >= 15 is 0 Å². The van der Waals surface area contributed by atoms with Gasteiger partial charge in [0, 0.05) is 5.92 Å². The van der Waals surface area contributed by atoms with Crippen molar-refractivity contribution in [2.75, 3.05) is 12.4 Å². The summed E-state index contributed by atoms with van der Waals surface area (Å²) in [5, 5.41) is 9.45. The van der Waals surface area contributed by atoms with Crippen LogP contribution in [-0.2, 0) is 14.3 Å². The summed E-state index contributed by atoms with van der Waals surface area (Å²) in [6, 6.07) is 0. The Balaban J connectivity index is 2.48. The first-order valence-corrected chi connectivity index (χ1v) is 10.8. The van der Waals surface area contributed by atoms with Crippen molar-refractivity contribution in [1.29, 1.82) is 0 Å². The van der Waals surface area contributed by atoms with Gasteiger partial charge in [0.1, 0.15) is 12.7 Å². The summed E-state index contributed by atoms with van der Waals surface area (Å²) in [6.45, 7) is 6.14. The third-order valence-electron chi connectivity index (χ3n) is 3.53. The topological polar surface area (TPSA) is 55.8 Å². The van der Waals surface area contributed by atoms with E-state index in [1.807, 2.05) is 0 Å². The van der Waals surface area contributed by atoms with Gasteiger partial charge in [0.2, 0.25) is 0 Å². The number of aliphatic hydroxyl groups is 1. The molecule has 0 aromatic carbocycles. The maximum absolute atomic E-state index is 11.9. The molecule has 1 aliphatic carbocycles. The van der Waals surface area contributed by atoms with E-state index < -0.39 is 12.3 Å². The lowest BCUT2D eigenvalue weighted by atomic mass is 9.80. The smallest absolute Gasteiger partial charge is 0.332 e. The van der Waals surface area contributed by atoms with E-state index in [-0.39, 0.29) is 12.7 Å². The van der Waals surface area contributed by atoms with Gasteiger partial charge in [0.05, 0.1) is 5.75 Å². The van der Waals surface area contributed by atoms with Crippen LogP contribution in [0.3, 0.4) is 0 Å². The zero-order valence-electron chi connectivity index (χ0n) is 12.9. The monoisotopic (exact) mass is 428 g/mol. The highest BCUT2D eigenvalue weighted by atomic mass is 127. The molecular weight excluding hydrogens is 403 g/mol. The minimum atomic E-state index is -0.918. The molecule has 1 saturated carbocycles. The number of hydrogen-bond donors (Lipinski definition) is 1. The van der Waals surface area contributed by atoms with Crippen molar-refractivity contribution in [3.8, 4) is 0 Å². The number of allylic oxidation sites excluding steroid dienone is 1. The van der Waals surface area contributed by atoms with Crippen molar-refractivity contribution in [2.24, 2.45) is 11.8 Å². The van der Waals surface area contributed by atoms with E-state index in [4.69, 9.17) is 9.47 Å². The highest BCUT2D eigenvalue weighted by Gasteiger charge is 2.30. The Bertz CT molecular complexity index is 358. The van der Waals surface area contributed by atoms with Crippen molar-refractivity contribution in [1.82, 2.24) is 0 Å². The van der Waals surface area contributed by atoms with Crippen LogP contribution >= 0.6 is 30.1 Å². The van der Waals surface area contributed by atoms with Crippen molar-refractivity contribution < 1.29 is 19.4 Å².